The van der Waals surface area contributed by atoms with Crippen molar-refractivity contribution >= 4 is 45.5 Å². The van der Waals surface area contributed by atoms with Crippen LogP contribution in [-0.4, -0.2) is 22.8 Å². The summed E-state index contributed by atoms with van der Waals surface area (Å²) in [7, 11) is 1.72. The van der Waals surface area contributed by atoms with Crippen LogP contribution >= 0.6 is 23.1 Å². The number of ether oxygens (including phenoxy) is 1. The molecule has 2 heterocycles. The molecule has 3 aromatic carbocycles. The molecular weight excluding hydrogens is 500 g/mol. The lowest BCUT2D eigenvalue weighted by Crippen LogP contribution is -2.35. The second kappa shape index (κ2) is 9.07. The molecule has 4 aromatic rings. The number of aromatic nitrogens is 1. The van der Waals surface area contributed by atoms with Crippen LogP contribution in [0.2, 0.25) is 0 Å². The van der Waals surface area contributed by atoms with E-state index in [0.29, 0.717) is 23.0 Å². The topological polar surface area (TPSA) is 60.3 Å². The van der Waals surface area contributed by atoms with Gasteiger partial charge in [-0.25, -0.2) is 0 Å². The number of carbonyl (C=O) groups is 1. The molecule has 188 valence electrons. The highest BCUT2D eigenvalue weighted by molar-refractivity contribution is 8.00. The number of thioether (sulfide) groups is 1. The molecule has 3 aliphatic rings. The summed E-state index contributed by atoms with van der Waals surface area (Å²) in [4.78, 5) is 27.7. The van der Waals surface area contributed by atoms with Gasteiger partial charge >= 0.3 is 4.87 Å². The molecule has 0 spiro atoms. The van der Waals surface area contributed by atoms with Gasteiger partial charge in [-0.05, 0) is 54.5 Å². The Labute approximate surface area is 223 Å². The van der Waals surface area contributed by atoms with Gasteiger partial charge in [0.15, 0.2) is 0 Å². The molecule has 0 radical (unpaired) electrons. The molecule has 1 N–H and O–H groups in total. The SMILES string of the molecule is COc1ccccc1C1c2sc(=O)n(CC(=O)Nc3cccc4ccccc34)c2SC2C3CCC(C3)C12. The summed E-state index contributed by atoms with van der Waals surface area (Å²) in [5.41, 5.74) is 1.94. The first-order valence-corrected chi connectivity index (χ1v) is 14.6. The summed E-state index contributed by atoms with van der Waals surface area (Å²) in [6.07, 6.45) is 3.81. The maximum Gasteiger partial charge on any atom is 0.308 e. The van der Waals surface area contributed by atoms with Gasteiger partial charge in [0.2, 0.25) is 5.91 Å². The van der Waals surface area contributed by atoms with Crippen LogP contribution in [-0.2, 0) is 11.3 Å². The summed E-state index contributed by atoms with van der Waals surface area (Å²) >= 11 is 3.17. The lowest BCUT2D eigenvalue weighted by Gasteiger charge is -2.40. The van der Waals surface area contributed by atoms with Crippen molar-refractivity contribution in [1.82, 2.24) is 4.57 Å². The molecule has 1 aromatic heterocycles. The molecule has 2 saturated carbocycles. The van der Waals surface area contributed by atoms with E-state index in [1.807, 2.05) is 66.4 Å². The van der Waals surface area contributed by atoms with Gasteiger partial charge < -0.3 is 10.1 Å². The highest BCUT2D eigenvalue weighted by atomic mass is 32.2. The van der Waals surface area contributed by atoms with Crippen molar-refractivity contribution in [3.63, 3.8) is 0 Å². The monoisotopic (exact) mass is 528 g/mol. The number of rotatable bonds is 5. The van der Waals surface area contributed by atoms with Crippen LogP contribution in [0.25, 0.3) is 10.8 Å². The highest BCUT2D eigenvalue weighted by Crippen LogP contribution is 2.64. The molecular formula is C30H28N2O3S2. The minimum absolute atomic E-state index is 0.0189. The molecule has 5 nitrogen and oxygen atoms in total. The van der Waals surface area contributed by atoms with Crippen LogP contribution in [0.15, 0.2) is 76.6 Å². The quantitative estimate of drug-likeness (QED) is 0.327. The fraction of sp³-hybridized carbons (Fsp3) is 0.333. The van der Waals surface area contributed by atoms with E-state index in [9.17, 15) is 9.59 Å². The van der Waals surface area contributed by atoms with Gasteiger partial charge in [-0.15, -0.1) is 11.8 Å². The van der Waals surface area contributed by atoms with E-state index in [0.717, 1.165) is 32.1 Å². The maximum atomic E-state index is 13.4. The van der Waals surface area contributed by atoms with Crippen LogP contribution in [0.4, 0.5) is 5.69 Å². The fourth-order valence-corrected chi connectivity index (χ4v) is 10.2. The van der Waals surface area contributed by atoms with E-state index < -0.39 is 0 Å². The van der Waals surface area contributed by atoms with Crippen LogP contribution in [0.3, 0.4) is 0 Å². The minimum Gasteiger partial charge on any atom is -0.496 e. The summed E-state index contributed by atoms with van der Waals surface area (Å²) < 4.78 is 7.51. The van der Waals surface area contributed by atoms with Gasteiger partial charge in [-0.3, -0.25) is 14.2 Å². The first kappa shape index (κ1) is 23.1. The first-order valence-electron chi connectivity index (χ1n) is 12.9. The van der Waals surface area contributed by atoms with Crippen LogP contribution in [0.5, 0.6) is 5.75 Å². The van der Waals surface area contributed by atoms with E-state index in [1.54, 1.807) is 11.7 Å². The second-order valence-electron chi connectivity index (χ2n) is 10.4. The lowest BCUT2D eigenvalue weighted by molar-refractivity contribution is -0.116. The number of thiazole rings is 1. The number of nitrogens with one attached hydrogen (secondary N) is 1. The zero-order valence-electron chi connectivity index (χ0n) is 20.6. The Balaban J connectivity index is 1.26. The summed E-state index contributed by atoms with van der Waals surface area (Å²) in [5, 5.41) is 6.59. The minimum atomic E-state index is -0.177. The number of hydrogen-bond donors (Lipinski definition) is 1. The third-order valence-electron chi connectivity index (χ3n) is 8.53. The van der Waals surface area contributed by atoms with Gasteiger partial charge in [0.05, 0.1) is 12.1 Å². The van der Waals surface area contributed by atoms with Crippen molar-refractivity contribution in [3.8, 4) is 5.75 Å². The van der Waals surface area contributed by atoms with E-state index in [-0.39, 0.29) is 23.2 Å². The van der Waals surface area contributed by atoms with E-state index in [4.69, 9.17) is 4.74 Å². The molecule has 7 heteroatoms. The van der Waals surface area contributed by atoms with Crippen LogP contribution in [0.1, 0.15) is 35.6 Å². The Morgan fingerprint density at radius 1 is 1.03 bits per heavy atom. The number of carbonyl (C=O) groups excluding carboxylic acids is 1. The molecule has 1 amide bonds. The Morgan fingerprint density at radius 2 is 1.81 bits per heavy atom. The molecule has 2 aliphatic carbocycles. The normalized spacial score (nSPS) is 25.6. The van der Waals surface area contributed by atoms with Crippen molar-refractivity contribution in [3.05, 3.63) is 86.8 Å². The zero-order valence-corrected chi connectivity index (χ0v) is 22.2. The Hall–Kier alpha value is -3.03. The van der Waals surface area contributed by atoms with Gasteiger partial charge in [-0.2, -0.15) is 0 Å². The van der Waals surface area contributed by atoms with Gasteiger partial charge in [-0.1, -0.05) is 65.9 Å². The van der Waals surface area contributed by atoms with Gasteiger partial charge in [0.25, 0.3) is 0 Å². The van der Waals surface area contributed by atoms with Crippen molar-refractivity contribution in [1.29, 1.82) is 0 Å². The van der Waals surface area contributed by atoms with E-state index >= 15 is 0 Å². The standard InChI is InChI=1S/C30H28N2O3S2/c1-35-23-12-5-4-10-21(23)26-25-18-13-14-19(15-18)27(25)36-29-28(26)37-30(34)32(29)16-24(33)31-22-11-6-8-17-7-2-3-9-20(17)22/h2-12,18-19,25-27H,13-16H2,1H3,(H,31,33). The number of amides is 1. The molecule has 1 aliphatic heterocycles. The number of benzene rings is 3. The van der Waals surface area contributed by atoms with Crippen LogP contribution in [0, 0.1) is 17.8 Å². The average molecular weight is 529 g/mol. The Kier molecular flexibility index (Phi) is 5.66. The van der Waals surface area contributed by atoms with E-state index in [2.05, 4.69) is 17.4 Å². The third kappa shape index (κ3) is 3.74. The third-order valence-corrected chi connectivity index (χ3v) is 11.4. The first-order chi connectivity index (χ1) is 18.1. The largest absolute Gasteiger partial charge is 0.496 e. The number of methoxy groups -OCH3 is 1. The number of anilines is 1. The van der Waals surface area contributed by atoms with Crippen molar-refractivity contribution in [2.45, 2.75) is 42.0 Å². The predicted octanol–water partition coefficient (Wildman–Crippen LogP) is 6.36. The number of para-hydroxylation sites is 1. The van der Waals surface area contributed by atoms with Crippen molar-refractivity contribution in [2.24, 2.45) is 17.8 Å². The maximum absolute atomic E-state index is 13.4. The second-order valence-corrected chi connectivity index (χ2v) is 12.6. The highest BCUT2D eigenvalue weighted by Gasteiger charge is 2.55. The fourth-order valence-electron chi connectivity index (χ4n) is 7.03. The van der Waals surface area contributed by atoms with E-state index in [1.165, 1.54) is 36.2 Å². The number of nitrogens with zero attached hydrogens (tertiary/aromatic N) is 1. The molecule has 2 bridgehead atoms. The van der Waals surface area contributed by atoms with Crippen molar-refractivity contribution in [2.75, 3.05) is 12.4 Å². The zero-order chi connectivity index (χ0) is 25.1. The molecule has 2 fully saturated rings. The van der Waals surface area contributed by atoms with Crippen molar-refractivity contribution < 1.29 is 9.53 Å². The smallest absolute Gasteiger partial charge is 0.308 e. The number of fused-ring (bicyclic) bond motifs is 7. The summed E-state index contributed by atoms with van der Waals surface area (Å²) in [6.45, 7) is 0.0189. The van der Waals surface area contributed by atoms with Crippen LogP contribution < -0.4 is 14.9 Å². The Morgan fingerprint density at radius 3 is 2.70 bits per heavy atom. The van der Waals surface area contributed by atoms with Gasteiger partial charge in [0.1, 0.15) is 12.3 Å². The molecule has 0 saturated heterocycles. The Bertz CT molecular complexity index is 1570. The average Bonchev–Trinajstić information content (AvgIpc) is 3.62. The molecule has 5 atom stereocenters. The predicted molar refractivity (Wildman–Crippen MR) is 150 cm³/mol. The molecule has 5 unspecified atom stereocenters. The molecule has 37 heavy (non-hydrogen) atoms. The lowest BCUT2D eigenvalue weighted by atomic mass is 9.74. The van der Waals surface area contributed by atoms with Gasteiger partial charge in [0, 0.05) is 32.7 Å². The number of hydrogen-bond acceptors (Lipinski definition) is 5. The summed E-state index contributed by atoms with van der Waals surface area (Å²) in [5.74, 6) is 2.71. The molecule has 7 rings (SSSR count). The summed E-state index contributed by atoms with van der Waals surface area (Å²) in [6, 6.07) is 22.1.